The number of benzene rings is 2. The average molecular weight is 386 g/mol. The molecule has 1 heterocycles. The van der Waals surface area contributed by atoms with Gasteiger partial charge in [0.15, 0.2) is 0 Å². The Kier molecular flexibility index (Phi) is 6.13. The number of carbonyl (C=O) groups is 2. The maximum atomic E-state index is 13.3. The number of nitrogens with one attached hydrogen (secondary N) is 1. The minimum atomic E-state index is -0.437. The van der Waals surface area contributed by atoms with E-state index >= 15 is 0 Å². The second kappa shape index (κ2) is 8.73. The number of hydrogen-bond donors (Lipinski definition) is 1. The molecule has 0 radical (unpaired) electrons. The summed E-state index contributed by atoms with van der Waals surface area (Å²) in [6, 6.07) is 10.8. The summed E-state index contributed by atoms with van der Waals surface area (Å²) >= 11 is 0. The zero-order chi connectivity index (χ0) is 20.1. The fraction of sp³-hybridized carbons (Fsp3) is 0.333. The van der Waals surface area contributed by atoms with Gasteiger partial charge >= 0.3 is 0 Å². The summed E-state index contributed by atoms with van der Waals surface area (Å²) in [7, 11) is 3.09. The van der Waals surface area contributed by atoms with Crippen LogP contribution < -0.4 is 14.8 Å². The Labute approximate surface area is 163 Å². The maximum absolute atomic E-state index is 13.3. The van der Waals surface area contributed by atoms with Crippen LogP contribution in [-0.4, -0.2) is 44.0 Å². The number of rotatable bonds is 5. The van der Waals surface area contributed by atoms with Gasteiger partial charge in [0.1, 0.15) is 17.3 Å². The molecule has 0 saturated carbocycles. The summed E-state index contributed by atoms with van der Waals surface area (Å²) in [5, 5.41) is 2.89. The number of methoxy groups -OCH3 is 2. The molecule has 2 amide bonds. The van der Waals surface area contributed by atoms with E-state index in [9.17, 15) is 14.0 Å². The summed E-state index contributed by atoms with van der Waals surface area (Å²) < 4.78 is 23.8. The Morgan fingerprint density at radius 1 is 1.07 bits per heavy atom. The second-order valence-corrected chi connectivity index (χ2v) is 6.63. The molecule has 2 aromatic rings. The topological polar surface area (TPSA) is 67.9 Å². The van der Waals surface area contributed by atoms with Crippen molar-refractivity contribution >= 4 is 17.5 Å². The number of carbonyl (C=O) groups excluding carboxylic acids is 2. The van der Waals surface area contributed by atoms with Gasteiger partial charge in [0, 0.05) is 30.6 Å². The van der Waals surface area contributed by atoms with Crippen LogP contribution in [0.4, 0.5) is 10.1 Å². The van der Waals surface area contributed by atoms with Crippen LogP contribution in [0.3, 0.4) is 0 Å². The number of amides is 2. The molecule has 7 heteroatoms. The standard InChI is InChI=1S/C21H23FN2O4/c1-27-17-6-7-18(19(13-17)28-2)23-20(25)14-8-10-24(11-9-14)21(26)15-4-3-5-16(22)12-15/h3-7,12-14H,8-11H2,1-2H3,(H,23,25). The number of anilines is 1. The molecule has 0 bridgehead atoms. The van der Waals surface area contributed by atoms with E-state index in [2.05, 4.69) is 5.32 Å². The van der Waals surface area contributed by atoms with Crippen molar-refractivity contribution in [2.45, 2.75) is 12.8 Å². The molecule has 6 nitrogen and oxygen atoms in total. The summed E-state index contributed by atoms with van der Waals surface area (Å²) in [4.78, 5) is 26.8. The smallest absolute Gasteiger partial charge is 0.253 e. The Morgan fingerprint density at radius 2 is 1.82 bits per heavy atom. The third kappa shape index (κ3) is 4.42. The highest BCUT2D eigenvalue weighted by atomic mass is 19.1. The van der Waals surface area contributed by atoms with Crippen LogP contribution in [0, 0.1) is 11.7 Å². The Morgan fingerprint density at radius 3 is 2.46 bits per heavy atom. The molecular weight excluding hydrogens is 363 g/mol. The van der Waals surface area contributed by atoms with Crippen LogP contribution >= 0.6 is 0 Å². The number of piperidine rings is 1. The van der Waals surface area contributed by atoms with Crippen molar-refractivity contribution in [2.75, 3.05) is 32.6 Å². The highest BCUT2D eigenvalue weighted by Crippen LogP contribution is 2.30. The van der Waals surface area contributed by atoms with E-state index in [1.54, 1.807) is 36.3 Å². The van der Waals surface area contributed by atoms with E-state index in [-0.39, 0.29) is 17.7 Å². The molecule has 28 heavy (non-hydrogen) atoms. The third-order valence-corrected chi connectivity index (χ3v) is 4.89. The van der Waals surface area contributed by atoms with E-state index in [0.717, 1.165) is 0 Å². The predicted molar refractivity (Wildman–Crippen MR) is 103 cm³/mol. The van der Waals surface area contributed by atoms with E-state index in [4.69, 9.17) is 9.47 Å². The minimum Gasteiger partial charge on any atom is -0.497 e. The number of hydrogen-bond acceptors (Lipinski definition) is 4. The predicted octanol–water partition coefficient (Wildman–Crippen LogP) is 3.33. The van der Waals surface area contributed by atoms with Gasteiger partial charge < -0.3 is 19.7 Å². The van der Waals surface area contributed by atoms with Crippen LogP contribution in [0.25, 0.3) is 0 Å². The summed E-state index contributed by atoms with van der Waals surface area (Å²) in [6.45, 7) is 0.903. The van der Waals surface area contributed by atoms with Gasteiger partial charge in [-0.05, 0) is 43.2 Å². The van der Waals surface area contributed by atoms with E-state index in [1.165, 1.54) is 25.3 Å². The largest absolute Gasteiger partial charge is 0.497 e. The first-order valence-electron chi connectivity index (χ1n) is 9.09. The number of halogens is 1. The van der Waals surface area contributed by atoms with E-state index < -0.39 is 5.82 Å². The van der Waals surface area contributed by atoms with Crippen LogP contribution in [0.15, 0.2) is 42.5 Å². The molecule has 1 aliphatic rings. The highest BCUT2D eigenvalue weighted by molar-refractivity contribution is 5.96. The molecule has 0 spiro atoms. The third-order valence-electron chi connectivity index (χ3n) is 4.89. The number of nitrogens with zero attached hydrogens (tertiary/aromatic N) is 1. The molecule has 2 aromatic carbocycles. The molecular formula is C21H23FN2O4. The second-order valence-electron chi connectivity index (χ2n) is 6.63. The zero-order valence-electron chi connectivity index (χ0n) is 15.9. The average Bonchev–Trinajstić information content (AvgIpc) is 2.73. The minimum absolute atomic E-state index is 0.110. The first kappa shape index (κ1) is 19.7. The van der Waals surface area contributed by atoms with Gasteiger partial charge in [-0.15, -0.1) is 0 Å². The molecule has 0 atom stereocenters. The molecule has 1 saturated heterocycles. The van der Waals surface area contributed by atoms with Gasteiger partial charge in [-0.1, -0.05) is 6.07 Å². The number of ether oxygens (including phenoxy) is 2. The zero-order valence-corrected chi connectivity index (χ0v) is 15.9. The lowest BCUT2D eigenvalue weighted by atomic mass is 9.95. The van der Waals surface area contributed by atoms with Crippen molar-refractivity contribution in [3.8, 4) is 11.5 Å². The van der Waals surface area contributed by atoms with Crippen molar-refractivity contribution in [2.24, 2.45) is 5.92 Å². The van der Waals surface area contributed by atoms with Crippen LogP contribution in [0.1, 0.15) is 23.2 Å². The lowest BCUT2D eigenvalue weighted by molar-refractivity contribution is -0.121. The summed E-state index contributed by atoms with van der Waals surface area (Å²) in [6.07, 6.45) is 1.09. The molecule has 0 aromatic heterocycles. The van der Waals surface area contributed by atoms with Crippen molar-refractivity contribution in [3.63, 3.8) is 0 Å². The summed E-state index contributed by atoms with van der Waals surface area (Å²) in [5.74, 6) is 0.193. The van der Waals surface area contributed by atoms with Gasteiger partial charge in [-0.3, -0.25) is 9.59 Å². The SMILES string of the molecule is COc1ccc(NC(=O)C2CCN(C(=O)c3cccc(F)c3)CC2)c(OC)c1. The fourth-order valence-electron chi connectivity index (χ4n) is 3.29. The quantitative estimate of drug-likeness (QED) is 0.856. The lowest BCUT2D eigenvalue weighted by Crippen LogP contribution is -2.41. The lowest BCUT2D eigenvalue weighted by Gasteiger charge is -2.31. The van der Waals surface area contributed by atoms with Gasteiger partial charge in [-0.25, -0.2) is 4.39 Å². The molecule has 3 rings (SSSR count). The molecule has 148 valence electrons. The Bertz CT molecular complexity index is 863. The van der Waals surface area contributed by atoms with Gasteiger partial charge in [-0.2, -0.15) is 0 Å². The molecule has 1 aliphatic heterocycles. The van der Waals surface area contributed by atoms with E-state index in [1.807, 2.05) is 0 Å². The Hall–Kier alpha value is -3.09. The van der Waals surface area contributed by atoms with Gasteiger partial charge in [0.25, 0.3) is 5.91 Å². The Balaban J connectivity index is 1.59. The fourth-order valence-corrected chi connectivity index (χ4v) is 3.29. The first-order chi connectivity index (χ1) is 13.5. The van der Waals surface area contributed by atoms with E-state index in [0.29, 0.717) is 48.7 Å². The van der Waals surface area contributed by atoms with Crippen LogP contribution in [0.5, 0.6) is 11.5 Å². The normalized spacial score (nSPS) is 14.5. The van der Waals surface area contributed by atoms with Crippen molar-refractivity contribution in [3.05, 3.63) is 53.8 Å². The van der Waals surface area contributed by atoms with Gasteiger partial charge in [0.05, 0.1) is 19.9 Å². The maximum Gasteiger partial charge on any atom is 0.253 e. The molecule has 1 fully saturated rings. The molecule has 0 aliphatic carbocycles. The summed E-state index contributed by atoms with van der Waals surface area (Å²) in [5.41, 5.74) is 0.900. The monoisotopic (exact) mass is 386 g/mol. The molecule has 0 unspecified atom stereocenters. The first-order valence-corrected chi connectivity index (χ1v) is 9.09. The van der Waals surface area contributed by atoms with Crippen molar-refractivity contribution in [1.82, 2.24) is 4.90 Å². The van der Waals surface area contributed by atoms with Crippen molar-refractivity contribution < 1.29 is 23.5 Å². The number of likely N-dealkylation sites (tertiary alicyclic amines) is 1. The highest BCUT2D eigenvalue weighted by Gasteiger charge is 2.28. The molecule has 1 N–H and O–H groups in total. The van der Waals surface area contributed by atoms with Crippen molar-refractivity contribution in [1.29, 1.82) is 0 Å². The van der Waals surface area contributed by atoms with Crippen LogP contribution in [-0.2, 0) is 4.79 Å². The van der Waals surface area contributed by atoms with Crippen LogP contribution in [0.2, 0.25) is 0 Å². The van der Waals surface area contributed by atoms with Gasteiger partial charge in [0.2, 0.25) is 5.91 Å².